The molecule has 2 aliphatic heterocycles. The number of hydrogen-bond acceptors (Lipinski definition) is 4. The topological polar surface area (TPSA) is 56.6 Å². The molecule has 0 N–H and O–H groups in total. The van der Waals surface area contributed by atoms with E-state index in [1.54, 1.807) is 7.11 Å². The minimum Gasteiger partial charge on any atom is -0.497 e. The molecule has 1 saturated heterocycles. The van der Waals surface area contributed by atoms with E-state index in [4.69, 9.17) is 9.47 Å². The van der Waals surface area contributed by atoms with Crippen molar-refractivity contribution in [3.8, 4) is 5.75 Å². The van der Waals surface area contributed by atoms with Crippen LogP contribution in [-0.2, 0) is 22.5 Å². The van der Waals surface area contributed by atoms with Gasteiger partial charge in [-0.15, -0.1) is 0 Å². The summed E-state index contributed by atoms with van der Waals surface area (Å²) in [6, 6.07) is 7.89. The Labute approximate surface area is 147 Å². The molecule has 6 heteroatoms. The van der Waals surface area contributed by atoms with Gasteiger partial charge >= 0.3 is 0 Å². The lowest BCUT2D eigenvalue weighted by molar-refractivity contribution is -0.144. The molecule has 1 aromatic heterocycles. The molecular weight excluding hydrogens is 318 g/mol. The highest BCUT2D eigenvalue weighted by atomic mass is 16.5. The lowest BCUT2D eigenvalue weighted by Crippen LogP contribution is -2.46. The number of aryl methyl sites for hydroxylation is 1. The normalized spacial score (nSPS) is 23.2. The molecular formula is C19H23N3O3. The predicted octanol–water partition coefficient (Wildman–Crippen LogP) is 2.05. The summed E-state index contributed by atoms with van der Waals surface area (Å²) in [6.45, 7) is 2.73. The van der Waals surface area contributed by atoms with E-state index < -0.39 is 0 Å². The summed E-state index contributed by atoms with van der Waals surface area (Å²) in [4.78, 5) is 19.1. The van der Waals surface area contributed by atoms with Crippen LogP contribution in [0, 0.1) is 5.92 Å². The molecule has 0 spiro atoms. The Balaban J connectivity index is 1.43. The van der Waals surface area contributed by atoms with E-state index in [2.05, 4.69) is 9.55 Å². The van der Waals surface area contributed by atoms with Gasteiger partial charge in [-0.1, -0.05) is 12.1 Å². The fourth-order valence-corrected chi connectivity index (χ4v) is 3.71. The molecule has 3 heterocycles. The monoisotopic (exact) mass is 341 g/mol. The highest BCUT2D eigenvalue weighted by Gasteiger charge is 2.32. The molecule has 2 aromatic rings. The van der Waals surface area contributed by atoms with Crippen molar-refractivity contribution < 1.29 is 14.3 Å². The van der Waals surface area contributed by atoms with Crippen molar-refractivity contribution in [2.75, 3.05) is 26.8 Å². The van der Waals surface area contributed by atoms with E-state index >= 15 is 0 Å². The van der Waals surface area contributed by atoms with Crippen LogP contribution in [-0.4, -0.2) is 47.2 Å². The zero-order valence-electron chi connectivity index (χ0n) is 14.4. The highest BCUT2D eigenvalue weighted by Crippen LogP contribution is 2.27. The van der Waals surface area contributed by atoms with Crippen molar-refractivity contribution in [3.63, 3.8) is 0 Å². The molecule has 25 heavy (non-hydrogen) atoms. The van der Waals surface area contributed by atoms with Crippen molar-refractivity contribution >= 4 is 5.91 Å². The second-order valence-electron chi connectivity index (χ2n) is 6.68. The van der Waals surface area contributed by atoms with E-state index in [9.17, 15) is 4.79 Å². The third-order valence-electron chi connectivity index (χ3n) is 5.19. The number of amides is 1. The molecule has 1 aromatic carbocycles. The van der Waals surface area contributed by atoms with E-state index in [0.29, 0.717) is 19.7 Å². The molecule has 0 bridgehead atoms. The largest absolute Gasteiger partial charge is 0.497 e. The average molecular weight is 341 g/mol. The number of ether oxygens (including phenoxy) is 2. The minimum atomic E-state index is -0.0716. The summed E-state index contributed by atoms with van der Waals surface area (Å²) in [5.41, 5.74) is 2.24. The molecule has 2 unspecified atom stereocenters. The quantitative estimate of drug-likeness (QED) is 0.857. The van der Waals surface area contributed by atoms with Crippen LogP contribution >= 0.6 is 0 Å². The van der Waals surface area contributed by atoms with Crippen molar-refractivity contribution in [2.24, 2.45) is 5.92 Å². The molecule has 2 aliphatic rings. The lowest BCUT2D eigenvalue weighted by Gasteiger charge is -2.36. The number of benzene rings is 1. The first-order valence-electron chi connectivity index (χ1n) is 8.78. The SMILES string of the molecule is COc1ccc(C2CN(C(=O)C3CCn4cncc4C3)CCO2)cc1. The Hall–Kier alpha value is -2.34. The maximum atomic E-state index is 13.0. The Morgan fingerprint density at radius 1 is 1.28 bits per heavy atom. The summed E-state index contributed by atoms with van der Waals surface area (Å²) in [6.07, 6.45) is 5.32. The Bertz CT molecular complexity index is 741. The summed E-state index contributed by atoms with van der Waals surface area (Å²) < 4.78 is 13.2. The van der Waals surface area contributed by atoms with Crippen LogP contribution in [0.25, 0.3) is 0 Å². The van der Waals surface area contributed by atoms with Gasteiger partial charge in [-0.2, -0.15) is 0 Å². The Morgan fingerprint density at radius 2 is 2.12 bits per heavy atom. The standard InChI is InChI=1S/C19H23N3O3/c1-24-17-4-2-14(3-5-17)18-12-21(8-9-25-18)19(23)15-6-7-22-13-20-11-16(22)10-15/h2-5,11,13,15,18H,6-10,12H2,1H3. The van der Waals surface area contributed by atoms with Crippen LogP contribution in [0.3, 0.4) is 0 Å². The fraction of sp³-hybridized carbons (Fsp3) is 0.474. The maximum absolute atomic E-state index is 13.0. The van der Waals surface area contributed by atoms with E-state index in [1.807, 2.05) is 41.7 Å². The van der Waals surface area contributed by atoms with Gasteiger partial charge in [0.25, 0.3) is 0 Å². The van der Waals surface area contributed by atoms with Crippen molar-refractivity contribution in [1.29, 1.82) is 0 Å². The summed E-state index contributed by atoms with van der Waals surface area (Å²) in [5.74, 6) is 1.12. The van der Waals surface area contributed by atoms with Gasteiger partial charge in [-0.25, -0.2) is 4.98 Å². The molecule has 2 atom stereocenters. The number of hydrogen-bond donors (Lipinski definition) is 0. The van der Waals surface area contributed by atoms with E-state index in [0.717, 1.165) is 36.4 Å². The number of carbonyl (C=O) groups is 1. The van der Waals surface area contributed by atoms with Gasteiger partial charge < -0.3 is 18.9 Å². The predicted molar refractivity (Wildman–Crippen MR) is 92.3 cm³/mol. The Kier molecular flexibility index (Phi) is 4.44. The molecule has 6 nitrogen and oxygen atoms in total. The number of nitrogens with zero attached hydrogens (tertiary/aromatic N) is 3. The molecule has 0 radical (unpaired) electrons. The van der Waals surface area contributed by atoms with Gasteiger partial charge in [0.1, 0.15) is 11.9 Å². The van der Waals surface area contributed by atoms with Crippen LogP contribution in [0.1, 0.15) is 23.8 Å². The molecule has 0 aliphatic carbocycles. The molecule has 0 saturated carbocycles. The van der Waals surface area contributed by atoms with Gasteiger partial charge in [0.15, 0.2) is 0 Å². The van der Waals surface area contributed by atoms with Crippen LogP contribution in [0.5, 0.6) is 5.75 Å². The zero-order valence-corrected chi connectivity index (χ0v) is 14.4. The summed E-state index contributed by atoms with van der Waals surface area (Å²) in [5, 5.41) is 0. The zero-order chi connectivity index (χ0) is 17.2. The molecule has 1 amide bonds. The van der Waals surface area contributed by atoms with Gasteiger partial charge in [-0.3, -0.25) is 4.79 Å². The minimum absolute atomic E-state index is 0.0545. The second kappa shape index (κ2) is 6.88. The van der Waals surface area contributed by atoms with Crippen LogP contribution in [0.4, 0.5) is 0 Å². The first-order valence-corrected chi connectivity index (χ1v) is 8.78. The third kappa shape index (κ3) is 3.26. The van der Waals surface area contributed by atoms with Gasteiger partial charge in [0.05, 0.1) is 26.6 Å². The lowest BCUT2D eigenvalue weighted by atomic mass is 9.94. The number of rotatable bonds is 3. The smallest absolute Gasteiger partial charge is 0.226 e. The maximum Gasteiger partial charge on any atom is 0.226 e. The van der Waals surface area contributed by atoms with Crippen molar-refractivity contribution in [2.45, 2.75) is 25.5 Å². The number of fused-ring (bicyclic) bond motifs is 1. The summed E-state index contributed by atoms with van der Waals surface area (Å²) >= 11 is 0. The van der Waals surface area contributed by atoms with Gasteiger partial charge in [0.2, 0.25) is 5.91 Å². The van der Waals surface area contributed by atoms with Gasteiger partial charge in [0, 0.05) is 37.3 Å². The average Bonchev–Trinajstić information content (AvgIpc) is 3.15. The first-order chi connectivity index (χ1) is 12.2. The molecule has 1 fully saturated rings. The van der Waals surface area contributed by atoms with Crippen molar-refractivity contribution in [1.82, 2.24) is 14.5 Å². The molecule has 4 rings (SSSR count). The Morgan fingerprint density at radius 3 is 2.92 bits per heavy atom. The van der Waals surface area contributed by atoms with Crippen molar-refractivity contribution in [3.05, 3.63) is 48.0 Å². The third-order valence-corrected chi connectivity index (χ3v) is 5.19. The highest BCUT2D eigenvalue weighted by molar-refractivity contribution is 5.79. The first kappa shape index (κ1) is 16.1. The van der Waals surface area contributed by atoms with E-state index in [1.165, 1.54) is 0 Å². The van der Waals surface area contributed by atoms with Gasteiger partial charge in [-0.05, 0) is 24.1 Å². The number of methoxy groups -OCH3 is 1. The number of carbonyl (C=O) groups excluding carboxylic acids is 1. The second-order valence-corrected chi connectivity index (χ2v) is 6.68. The number of aromatic nitrogens is 2. The van der Waals surface area contributed by atoms with Crippen LogP contribution < -0.4 is 4.74 Å². The molecule has 132 valence electrons. The van der Waals surface area contributed by atoms with Crippen LogP contribution in [0.15, 0.2) is 36.8 Å². The number of imidazole rings is 1. The summed E-state index contributed by atoms with van der Waals surface area (Å²) in [7, 11) is 1.66. The fourth-order valence-electron chi connectivity index (χ4n) is 3.71. The van der Waals surface area contributed by atoms with Crippen LogP contribution in [0.2, 0.25) is 0 Å². The number of morpholine rings is 1. The van der Waals surface area contributed by atoms with E-state index in [-0.39, 0.29) is 17.9 Å².